The lowest BCUT2D eigenvalue weighted by molar-refractivity contribution is -0.138. The van der Waals surface area contributed by atoms with Gasteiger partial charge in [-0.05, 0) is 39.0 Å². The summed E-state index contributed by atoms with van der Waals surface area (Å²) in [5.74, 6) is 0. The maximum atomic E-state index is 10.7. The Labute approximate surface area is 109 Å². The van der Waals surface area contributed by atoms with Crippen LogP contribution in [0.25, 0.3) is 11.0 Å². The van der Waals surface area contributed by atoms with Crippen LogP contribution in [0.15, 0.2) is 23.0 Å². The van der Waals surface area contributed by atoms with E-state index in [4.69, 9.17) is 11.6 Å². The molecule has 6 heteroatoms. The van der Waals surface area contributed by atoms with Crippen molar-refractivity contribution in [1.82, 2.24) is 9.97 Å². The average molecular weight is 271 g/mol. The summed E-state index contributed by atoms with van der Waals surface area (Å²) >= 11 is 5.69. The van der Waals surface area contributed by atoms with E-state index in [2.05, 4.69) is 14.7 Å². The van der Waals surface area contributed by atoms with Crippen LogP contribution in [-0.2, 0) is 9.53 Å². The number of imidazole rings is 1. The molecule has 2 rings (SSSR count). The minimum absolute atomic E-state index is 0.206. The molecule has 0 amide bonds. The predicted octanol–water partition coefficient (Wildman–Crippen LogP) is 2.47. The van der Waals surface area contributed by atoms with Crippen LogP contribution in [0.3, 0.4) is 0 Å². The number of fused-ring (bicyclic) bond motifs is 1. The fourth-order valence-corrected chi connectivity index (χ4v) is 1.32. The summed E-state index contributed by atoms with van der Waals surface area (Å²) in [7, 11) is 0. The molecular formula is C12H15ClN2O3. The van der Waals surface area contributed by atoms with Crippen LogP contribution < -0.4 is 5.69 Å². The second-order valence-electron chi connectivity index (χ2n) is 4.60. The largest absolute Gasteiger partial charge is 0.462 e. The highest BCUT2D eigenvalue weighted by molar-refractivity contribution is 6.31. The summed E-state index contributed by atoms with van der Waals surface area (Å²) < 4.78 is 4.55. The lowest BCUT2D eigenvalue weighted by Crippen LogP contribution is -2.17. The second kappa shape index (κ2) is 5.73. The van der Waals surface area contributed by atoms with E-state index in [1.54, 1.807) is 18.2 Å². The second-order valence-corrected chi connectivity index (χ2v) is 5.03. The summed E-state index contributed by atoms with van der Waals surface area (Å²) in [6.07, 6.45) is 0. The Morgan fingerprint density at radius 3 is 2.33 bits per heavy atom. The highest BCUT2D eigenvalue weighted by Crippen LogP contribution is 2.13. The number of aromatic nitrogens is 2. The van der Waals surface area contributed by atoms with Crippen molar-refractivity contribution in [3.05, 3.63) is 33.7 Å². The molecule has 0 aliphatic rings. The molecule has 0 aliphatic heterocycles. The van der Waals surface area contributed by atoms with Crippen molar-refractivity contribution in [2.75, 3.05) is 0 Å². The molecule has 2 aromatic rings. The van der Waals surface area contributed by atoms with E-state index < -0.39 is 0 Å². The van der Waals surface area contributed by atoms with Crippen molar-refractivity contribution in [2.24, 2.45) is 0 Å². The Balaban J connectivity index is 0.000000203. The summed E-state index contributed by atoms with van der Waals surface area (Å²) in [6, 6.07) is 5.19. The molecule has 0 fully saturated rings. The van der Waals surface area contributed by atoms with Gasteiger partial charge in [-0.25, -0.2) is 4.79 Å². The molecule has 0 spiro atoms. The maximum Gasteiger partial charge on any atom is 0.323 e. The molecule has 98 valence electrons. The van der Waals surface area contributed by atoms with Crippen molar-refractivity contribution >= 4 is 29.1 Å². The number of halogens is 1. The van der Waals surface area contributed by atoms with Gasteiger partial charge in [0.25, 0.3) is 6.47 Å². The number of hydrogen-bond donors (Lipinski definition) is 2. The van der Waals surface area contributed by atoms with E-state index in [0.717, 1.165) is 11.0 Å². The number of carbonyl (C=O) groups is 1. The normalized spacial score (nSPS) is 10.7. The third-order valence-electron chi connectivity index (χ3n) is 1.88. The third-order valence-corrected chi connectivity index (χ3v) is 2.11. The summed E-state index contributed by atoms with van der Waals surface area (Å²) in [4.78, 5) is 25.6. The van der Waals surface area contributed by atoms with Gasteiger partial charge in [-0.15, -0.1) is 0 Å². The number of H-pyrrole nitrogens is 2. The highest BCUT2D eigenvalue weighted by atomic mass is 35.5. The monoisotopic (exact) mass is 270 g/mol. The van der Waals surface area contributed by atoms with Crippen LogP contribution in [0.1, 0.15) is 20.8 Å². The number of hydrogen-bond acceptors (Lipinski definition) is 3. The van der Waals surface area contributed by atoms with Gasteiger partial charge >= 0.3 is 5.69 Å². The number of carbonyl (C=O) groups excluding carboxylic acids is 1. The van der Waals surface area contributed by atoms with Gasteiger partial charge in [0.2, 0.25) is 0 Å². The van der Waals surface area contributed by atoms with Gasteiger partial charge in [0.1, 0.15) is 5.60 Å². The molecule has 0 unspecified atom stereocenters. The fourth-order valence-electron chi connectivity index (χ4n) is 1.15. The van der Waals surface area contributed by atoms with Crippen LogP contribution >= 0.6 is 11.6 Å². The Kier molecular flexibility index (Phi) is 4.55. The molecule has 1 heterocycles. The van der Waals surface area contributed by atoms with E-state index in [1.165, 1.54) is 0 Å². The van der Waals surface area contributed by atoms with Crippen molar-refractivity contribution in [1.29, 1.82) is 0 Å². The Morgan fingerprint density at radius 1 is 1.22 bits per heavy atom. The van der Waals surface area contributed by atoms with Crippen LogP contribution in [0.2, 0.25) is 5.02 Å². The predicted molar refractivity (Wildman–Crippen MR) is 70.8 cm³/mol. The van der Waals surface area contributed by atoms with Gasteiger partial charge in [-0.1, -0.05) is 11.6 Å². The molecule has 18 heavy (non-hydrogen) atoms. The van der Waals surface area contributed by atoms with Crippen molar-refractivity contribution in [3.63, 3.8) is 0 Å². The number of nitrogens with one attached hydrogen (secondary N) is 2. The third kappa shape index (κ3) is 4.63. The highest BCUT2D eigenvalue weighted by Gasteiger charge is 2.07. The first-order chi connectivity index (χ1) is 8.31. The van der Waals surface area contributed by atoms with Crippen molar-refractivity contribution < 1.29 is 9.53 Å². The number of aromatic amines is 2. The van der Waals surface area contributed by atoms with Crippen molar-refractivity contribution in [2.45, 2.75) is 26.4 Å². The topological polar surface area (TPSA) is 75.0 Å². The van der Waals surface area contributed by atoms with E-state index in [0.29, 0.717) is 11.5 Å². The Morgan fingerprint density at radius 2 is 1.83 bits per heavy atom. The maximum absolute atomic E-state index is 10.7. The molecule has 0 aliphatic carbocycles. The lowest BCUT2D eigenvalue weighted by Gasteiger charge is -2.14. The zero-order valence-corrected chi connectivity index (χ0v) is 11.2. The van der Waals surface area contributed by atoms with Crippen LogP contribution in [0.4, 0.5) is 0 Å². The Hall–Kier alpha value is -1.75. The van der Waals surface area contributed by atoms with Gasteiger partial charge in [-0.3, -0.25) is 4.79 Å². The molecule has 1 aromatic heterocycles. The zero-order valence-electron chi connectivity index (χ0n) is 10.4. The summed E-state index contributed by atoms with van der Waals surface area (Å²) in [5.41, 5.74) is 0.992. The van der Waals surface area contributed by atoms with Crippen molar-refractivity contribution in [3.8, 4) is 0 Å². The first kappa shape index (κ1) is 14.3. The number of rotatable bonds is 1. The first-order valence-corrected chi connectivity index (χ1v) is 5.68. The molecular weight excluding hydrogens is 256 g/mol. The molecule has 0 bridgehead atoms. The van der Waals surface area contributed by atoms with Crippen LogP contribution in [0.5, 0.6) is 0 Å². The molecule has 2 N–H and O–H groups in total. The van der Waals surface area contributed by atoms with Gasteiger partial charge in [-0.2, -0.15) is 0 Å². The summed E-state index contributed by atoms with van der Waals surface area (Å²) in [6.45, 7) is 5.92. The van der Waals surface area contributed by atoms with Gasteiger partial charge in [0.05, 0.1) is 11.0 Å². The van der Waals surface area contributed by atoms with Gasteiger partial charge in [0, 0.05) is 5.02 Å². The summed E-state index contributed by atoms with van der Waals surface area (Å²) in [5, 5.41) is 0.618. The molecule has 0 saturated heterocycles. The fraction of sp³-hybridized carbons (Fsp3) is 0.333. The van der Waals surface area contributed by atoms with E-state index in [-0.39, 0.29) is 11.3 Å². The Bertz CT molecular complexity index is 581. The zero-order chi connectivity index (χ0) is 13.8. The SMILES string of the molecule is CC(C)(C)OC=O.O=c1[nH]c2ccc(Cl)cc2[nH]1. The minimum Gasteiger partial charge on any atom is -0.462 e. The number of benzene rings is 1. The average Bonchev–Trinajstić information content (AvgIpc) is 2.56. The van der Waals surface area contributed by atoms with E-state index in [9.17, 15) is 9.59 Å². The smallest absolute Gasteiger partial charge is 0.323 e. The van der Waals surface area contributed by atoms with Crippen LogP contribution in [0, 0.1) is 0 Å². The van der Waals surface area contributed by atoms with E-state index >= 15 is 0 Å². The molecule has 1 aromatic carbocycles. The number of ether oxygens (including phenoxy) is 1. The molecule has 5 nitrogen and oxygen atoms in total. The lowest BCUT2D eigenvalue weighted by atomic mass is 10.2. The minimum atomic E-state index is -0.318. The van der Waals surface area contributed by atoms with E-state index in [1.807, 2.05) is 20.8 Å². The first-order valence-electron chi connectivity index (χ1n) is 5.31. The van der Waals surface area contributed by atoms with Gasteiger partial charge in [0.15, 0.2) is 0 Å². The quantitative estimate of drug-likeness (QED) is 0.782. The standard InChI is InChI=1S/C7H5ClN2O.C5H10O2/c8-4-1-2-5-6(3-4)10-7(11)9-5;1-5(2,3)7-4-6/h1-3H,(H2,9,10,11);4H,1-3H3. The van der Waals surface area contributed by atoms with Gasteiger partial charge < -0.3 is 14.7 Å². The molecule has 0 radical (unpaired) electrons. The molecule has 0 saturated carbocycles. The van der Waals surface area contributed by atoms with Crippen LogP contribution in [-0.4, -0.2) is 22.0 Å². The molecule has 0 atom stereocenters.